The van der Waals surface area contributed by atoms with Gasteiger partial charge < -0.3 is 24.2 Å². The van der Waals surface area contributed by atoms with Gasteiger partial charge in [-0.3, -0.25) is 4.79 Å². The number of phenolic OH excluding ortho intramolecular Hbond substituents is 1. The van der Waals surface area contributed by atoms with E-state index in [-0.39, 0.29) is 23.1 Å². The predicted octanol–water partition coefficient (Wildman–Crippen LogP) is 1.83. The maximum Gasteiger partial charge on any atom is 0.231 e. The highest BCUT2D eigenvalue weighted by molar-refractivity contribution is 6.14. The van der Waals surface area contributed by atoms with E-state index < -0.39 is 0 Å². The first-order valence-electron chi connectivity index (χ1n) is 9.39. The fraction of sp³-hybridized carbons (Fsp3) is 0.318. The number of quaternary nitrogens is 1. The molecule has 0 fully saturated rings. The molecule has 154 valence electrons. The number of hydrogen-bond acceptors (Lipinski definition) is 5. The molecule has 0 aromatic heterocycles. The minimum atomic E-state index is -0.350. The number of phenols is 1. The molecule has 7 heteroatoms. The Labute approximate surface area is 169 Å². The number of nitrogens with one attached hydrogen (secondary N) is 1. The molecule has 0 amide bonds. The van der Waals surface area contributed by atoms with Crippen LogP contribution in [0.25, 0.3) is 6.08 Å². The molecule has 1 heterocycles. The Hall–Kier alpha value is -2.74. The lowest BCUT2D eigenvalue weighted by molar-refractivity contribution is -0.914. The smallest absolute Gasteiger partial charge is 0.231 e. The van der Waals surface area contributed by atoms with Crippen LogP contribution in [0.4, 0.5) is 4.39 Å². The van der Waals surface area contributed by atoms with Gasteiger partial charge in [-0.15, -0.1) is 0 Å². The molecule has 1 aliphatic heterocycles. The Bertz CT molecular complexity index is 887. The zero-order valence-corrected chi connectivity index (χ0v) is 16.5. The summed E-state index contributed by atoms with van der Waals surface area (Å²) in [5, 5.41) is 10.4. The van der Waals surface area contributed by atoms with E-state index in [1.54, 1.807) is 38.5 Å². The van der Waals surface area contributed by atoms with Crippen molar-refractivity contribution in [2.75, 3.05) is 40.5 Å². The molecule has 0 radical (unpaired) electrons. The van der Waals surface area contributed by atoms with Crippen molar-refractivity contribution >= 4 is 11.9 Å². The first-order valence-corrected chi connectivity index (χ1v) is 9.39. The molecule has 0 saturated carbocycles. The van der Waals surface area contributed by atoms with Crippen molar-refractivity contribution in [2.45, 2.75) is 6.54 Å². The van der Waals surface area contributed by atoms with Crippen LogP contribution in [0.2, 0.25) is 0 Å². The van der Waals surface area contributed by atoms with Gasteiger partial charge in [0.1, 0.15) is 31.2 Å². The Morgan fingerprint density at radius 3 is 2.34 bits per heavy atom. The Kier molecular flexibility index (Phi) is 6.98. The second-order valence-electron chi connectivity index (χ2n) is 6.84. The van der Waals surface area contributed by atoms with Crippen LogP contribution in [-0.4, -0.2) is 51.4 Å². The van der Waals surface area contributed by atoms with Gasteiger partial charge in [-0.05, 0) is 35.9 Å². The summed E-state index contributed by atoms with van der Waals surface area (Å²) in [4.78, 5) is 13.9. The fourth-order valence-corrected chi connectivity index (χ4v) is 3.22. The van der Waals surface area contributed by atoms with E-state index in [4.69, 9.17) is 14.2 Å². The average molecular weight is 402 g/mol. The van der Waals surface area contributed by atoms with E-state index in [0.29, 0.717) is 42.2 Å². The monoisotopic (exact) mass is 402 g/mol. The van der Waals surface area contributed by atoms with E-state index in [1.165, 1.54) is 18.2 Å². The van der Waals surface area contributed by atoms with E-state index in [9.17, 15) is 14.3 Å². The lowest BCUT2D eigenvalue weighted by Crippen LogP contribution is -3.11. The second-order valence-corrected chi connectivity index (χ2v) is 6.84. The lowest BCUT2D eigenvalue weighted by atomic mass is 10.0. The van der Waals surface area contributed by atoms with E-state index in [1.807, 2.05) is 0 Å². The molecule has 0 atom stereocenters. The summed E-state index contributed by atoms with van der Waals surface area (Å²) in [5.74, 6) is -0.0196. The summed E-state index contributed by atoms with van der Waals surface area (Å²) in [6.07, 6.45) is 1.57. The SMILES string of the molecule is COCC[NH+](CCOC)Cc1c(O)ccc2c1O/C(=C\c1ccc(F)cc1)C2=O. The summed E-state index contributed by atoms with van der Waals surface area (Å²) in [5.41, 5.74) is 1.63. The Balaban J connectivity index is 1.88. The van der Waals surface area contributed by atoms with Gasteiger partial charge in [0.15, 0.2) is 11.5 Å². The number of rotatable bonds is 9. The molecular weight excluding hydrogens is 377 g/mol. The third-order valence-electron chi connectivity index (χ3n) is 4.83. The third kappa shape index (κ3) is 5.00. The van der Waals surface area contributed by atoms with Crippen LogP contribution in [0.3, 0.4) is 0 Å². The van der Waals surface area contributed by atoms with Crippen LogP contribution in [0, 0.1) is 5.82 Å². The largest absolute Gasteiger partial charge is 0.507 e. The molecule has 0 spiro atoms. The van der Waals surface area contributed by atoms with Gasteiger partial charge in [-0.1, -0.05) is 12.1 Å². The molecule has 0 saturated heterocycles. The van der Waals surface area contributed by atoms with Gasteiger partial charge in [-0.2, -0.15) is 0 Å². The van der Waals surface area contributed by atoms with Crippen LogP contribution in [0.1, 0.15) is 21.5 Å². The molecular formula is C22H25FNO5+. The third-order valence-corrected chi connectivity index (χ3v) is 4.83. The highest BCUT2D eigenvalue weighted by Crippen LogP contribution is 2.39. The normalized spacial score (nSPS) is 14.5. The van der Waals surface area contributed by atoms with Gasteiger partial charge >= 0.3 is 0 Å². The number of methoxy groups -OCH3 is 2. The summed E-state index contributed by atoms with van der Waals surface area (Å²) >= 11 is 0. The van der Waals surface area contributed by atoms with Crippen LogP contribution < -0.4 is 9.64 Å². The minimum absolute atomic E-state index is 0.0758. The summed E-state index contributed by atoms with van der Waals surface area (Å²) in [7, 11) is 3.28. The molecule has 6 nitrogen and oxygen atoms in total. The van der Waals surface area contributed by atoms with E-state index in [0.717, 1.165) is 18.0 Å². The minimum Gasteiger partial charge on any atom is -0.507 e. The number of ketones is 1. The standard InChI is InChI=1S/C22H24FNO5/c1-27-11-9-24(10-12-28-2)14-18-19(25)8-7-17-21(26)20(29-22(17)18)13-15-3-5-16(23)6-4-15/h3-8,13,25H,9-12,14H2,1-2H3/p+1/b20-13-. The molecule has 2 N–H and O–H groups in total. The van der Waals surface area contributed by atoms with Gasteiger partial charge in [0, 0.05) is 14.2 Å². The highest BCUT2D eigenvalue weighted by atomic mass is 19.1. The number of hydrogen-bond donors (Lipinski definition) is 2. The van der Waals surface area contributed by atoms with Gasteiger partial charge in [-0.25, -0.2) is 4.39 Å². The maximum absolute atomic E-state index is 13.1. The summed E-state index contributed by atoms with van der Waals surface area (Å²) in [6.45, 7) is 3.01. The van der Waals surface area contributed by atoms with E-state index >= 15 is 0 Å². The number of carbonyl (C=O) groups excluding carboxylic acids is 1. The zero-order chi connectivity index (χ0) is 20.8. The van der Waals surface area contributed by atoms with Crippen molar-refractivity contribution in [3.63, 3.8) is 0 Å². The molecule has 2 aromatic rings. The average Bonchev–Trinajstić information content (AvgIpc) is 3.03. The molecule has 0 bridgehead atoms. The van der Waals surface area contributed by atoms with Gasteiger partial charge in [0.05, 0.1) is 24.3 Å². The second kappa shape index (κ2) is 9.65. The summed E-state index contributed by atoms with van der Waals surface area (Å²) < 4.78 is 29.3. The van der Waals surface area contributed by atoms with Crippen molar-refractivity contribution in [1.29, 1.82) is 0 Å². The maximum atomic E-state index is 13.1. The first kappa shape index (κ1) is 21.0. The van der Waals surface area contributed by atoms with Crippen LogP contribution in [-0.2, 0) is 16.0 Å². The number of aromatic hydroxyl groups is 1. The molecule has 2 aromatic carbocycles. The van der Waals surface area contributed by atoms with E-state index in [2.05, 4.69) is 0 Å². The molecule has 0 aliphatic carbocycles. The quantitative estimate of drug-likeness (QED) is 0.627. The van der Waals surface area contributed by atoms with Gasteiger partial charge in [0.25, 0.3) is 0 Å². The number of fused-ring (bicyclic) bond motifs is 1. The van der Waals surface area contributed by atoms with Gasteiger partial charge in [0.2, 0.25) is 5.78 Å². The van der Waals surface area contributed by atoms with Crippen LogP contribution >= 0.6 is 0 Å². The van der Waals surface area contributed by atoms with Crippen molar-refractivity contribution in [3.8, 4) is 11.5 Å². The number of allylic oxidation sites excluding steroid dienone is 1. The zero-order valence-electron chi connectivity index (χ0n) is 16.5. The molecule has 3 rings (SSSR count). The topological polar surface area (TPSA) is 69.4 Å². The van der Waals surface area contributed by atoms with Crippen LogP contribution in [0.15, 0.2) is 42.2 Å². The van der Waals surface area contributed by atoms with Crippen molar-refractivity contribution in [1.82, 2.24) is 0 Å². The molecule has 0 unspecified atom stereocenters. The highest BCUT2D eigenvalue weighted by Gasteiger charge is 2.32. The van der Waals surface area contributed by atoms with Crippen LogP contribution in [0.5, 0.6) is 11.5 Å². The number of carbonyl (C=O) groups is 1. The Morgan fingerprint density at radius 2 is 1.72 bits per heavy atom. The first-order chi connectivity index (χ1) is 14.0. The Morgan fingerprint density at radius 1 is 1.07 bits per heavy atom. The lowest BCUT2D eigenvalue weighted by Gasteiger charge is -2.20. The molecule has 1 aliphatic rings. The number of ether oxygens (including phenoxy) is 3. The van der Waals surface area contributed by atoms with Crippen molar-refractivity contribution in [2.24, 2.45) is 0 Å². The number of halogens is 1. The fourth-order valence-electron chi connectivity index (χ4n) is 3.22. The van der Waals surface area contributed by atoms with Crippen molar-refractivity contribution < 1.29 is 33.4 Å². The van der Waals surface area contributed by atoms with Crippen molar-refractivity contribution in [3.05, 3.63) is 64.7 Å². The molecule has 29 heavy (non-hydrogen) atoms. The predicted molar refractivity (Wildman–Crippen MR) is 106 cm³/mol. The number of Topliss-reactive ketones (excluding diaryl/α,β-unsaturated/α-hetero) is 1. The number of benzene rings is 2. The summed E-state index contributed by atoms with van der Waals surface area (Å²) in [6, 6.07) is 8.86.